The van der Waals surface area contributed by atoms with E-state index in [4.69, 9.17) is 53.8 Å². The molecule has 558 valence electrons. The highest BCUT2D eigenvalue weighted by atomic mass is 16.6. The zero-order valence-corrected chi connectivity index (χ0v) is 62.6. The number of hydrogen-bond acceptors (Lipinski definition) is 18. The number of nitrogen functional groups attached to an aromatic ring is 2. The summed E-state index contributed by atoms with van der Waals surface area (Å²) in [6.07, 6.45) is 4.00. The van der Waals surface area contributed by atoms with Crippen molar-refractivity contribution in [2.75, 3.05) is 22.1 Å². The maximum absolute atomic E-state index is 12.6. The Labute approximate surface area is 623 Å². The van der Waals surface area contributed by atoms with Crippen LogP contribution in [0.5, 0.6) is 0 Å². The lowest BCUT2D eigenvalue weighted by atomic mass is 10.1. The first kappa shape index (κ1) is 81.8. The molecule has 0 bridgehead atoms. The second kappa shape index (κ2) is 36.8. The first-order valence-electron chi connectivity index (χ1n) is 33.8. The number of pyridine rings is 7. The van der Waals surface area contributed by atoms with Crippen LogP contribution in [0.1, 0.15) is 130 Å². The zero-order valence-electron chi connectivity index (χ0n) is 62.6. The number of nitrogens with one attached hydrogen (secondary N) is 4. The van der Waals surface area contributed by atoms with Crippen LogP contribution in [0.4, 0.5) is 44.2 Å². The normalized spacial score (nSPS) is 10.7. The predicted molar refractivity (Wildman–Crippen MR) is 419 cm³/mol. The Morgan fingerprint density at radius 3 is 1.37 bits per heavy atom. The molecule has 0 radical (unpaired) electrons. The number of rotatable bonds is 11. The molecule has 0 fully saturated rings. The Bertz CT molecular complexity index is 5450. The molecule has 9 aromatic heterocycles. The number of aromatic amines is 1. The Morgan fingerprint density at radius 2 is 0.935 bits per heavy atom. The van der Waals surface area contributed by atoms with Crippen molar-refractivity contribution < 1.29 is 42.6 Å². The maximum Gasteiger partial charge on any atom is 0.413 e. The number of H-pyrrole nitrogens is 1. The molecule has 27 heteroatoms. The van der Waals surface area contributed by atoms with E-state index in [1.54, 1.807) is 112 Å². The number of furan rings is 2. The van der Waals surface area contributed by atoms with E-state index in [0.29, 0.717) is 81.4 Å². The SMILES string of the molecule is Cc1cc(N)nc(C)c1CNC(=O)c1ccc(Cn2ccc3ccccc3c2=O)o1.Cc1cc(NC(=O)OC(C)(C)C)nc(C)c1CN.O=C(O)c1ccc(Cn2ccc3ccccc3c2=O)o1.O=c1[nH]ccc2ccccc12.[C-]#[N+]c1c(C)cc(N)nc1C.[C-]#[N+]c1c(C)cc(NC(=O)OC(C)(C)C)nc1C. The average Bonchev–Trinajstić information content (AvgIpc) is 1.17. The molecule has 27 nitrogen and oxygen atoms in total. The number of carboxylic acid groups (broad SMARTS) is 1. The first-order valence-corrected chi connectivity index (χ1v) is 33.8. The number of ether oxygens (including phenoxy) is 2. The fraction of sp³-hybridized carbons (Fsp3) is 0.247. The Balaban J connectivity index is 0.000000187. The number of benzene rings is 3. The maximum atomic E-state index is 12.6. The van der Waals surface area contributed by atoms with E-state index in [1.165, 1.54) is 10.6 Å². The predicted octanol–water partition coefficient (Wildman–Crippen LogP) is 15.0. The number of aromatic nitrogens is 7. The molecule has 0 saturated heterocycles. The van der Waals surface area contributed by atoms with Gasteiger partial charge in [-0.3, -0.25) is 29.8 Å². The molecule has 3 aromatic carbocycles. The van der Waals surface area contributed by atoms with Gasteiger partial charge in [-0.25, -0.2) is 44.0 Å². The third-order valence-corrected chi connectivity index (χ3v) is 15.8. The van der Waals surface area contributed by atoms with Gasteiger partial charge in [-0.05, 0) is 231 Å². The van der Waals surface area contributed by atoms with Crippen LogP contribution in [0.25, 0.3) is 42.0 Å². The molecule has 0 saturated carbocycles. The third kappa shape index (κ3) is 23.2. The summed E-state index contributed by atoms with van der Waals surface area (Å²) >= 11 is 0. The molecule has 0 aliphatic carbocycles. The molecule has 0 aliphatic rings. The smallest absolute Gasteiger partial charge is 0.413 e. The Hall–Kier alpha value is -13.5. The largest absolute Gasteiger partial charge is 0.475 e. The van der Waals surface area contributed by atoms with Crippen molar-refractivity contribution >= 4 is 91.0 Å². The standard InChI is InChI=1S/C23H22N4O3.C15H11NO4.C13H17N3O2.C13H21N3O2.C9H7NO.C8H9N3/c1-14-11-21(24)26-15(2)19(14)12-25-22(28)20-8-7-17(30-20)13-27-10-9-16-5-3-4-6-18(16)23(27)29;17-14-12-4-2-1-3-10(12)7-8-16(14)9-11-5-6-13(20-11)15(18)19;1-8-7-10(15-9(2)11(8)14-6)16-12(17)18-13(3,4)5;1-8-6-11(15-9(2)10(8)7-14)16-12(17)18-13(3,4)5;11-9-8-4-2-1-3-7(8)5-6-10-9;1-5-4-7(9)11-6(2)8(5)10-3/h3-11H,12-13H2,1-2H3,(H2,24,26)(H,25,28);1-8H,9H2,(H,18,19);7H,1-5H3,(H,15,16,17);6H,7,14H2,1-5H3,(H,15,16,17);1-6H,(H,10,11);4H,1-2H3,(H2,9,11). The summed E-state index contributed by atoms with van der Waals surface area (Å²) in [7, 11) is 0. The van der Waals surface area contributed by atoms with Gasteiger partial charge in [-0.15, -0.1) is 0 Å². The van der Waals surface area contributed by atoms with Gasteiger partial charge < -0.3 is 60.1 Å². The molecule has 3 amide bonds. The number of carbonyl (C=O) groups is 4. The van der Waals surface area contributed by atoms with Gasteiger partial charge >= 0.3 is 18.2 Å². The molecular weight excluding hydrogens is 1370 g/mol. The number of hydrogen-bond donors (Lipinski definition) is 8. The van der Waals surface area contributed by atoms with Gasteiger partial charge in [0, 0.05) is 70.6 Å². The quantitative estimate of drug-likeness (QED) is 0.0558. The van der Waals surface area contributed by atoms with E-state index in [0.717, 1.165) is 66.3 Å². The lowest BCUT2D eigenvalue weighted by Crippen LogP contribution is -2.27. The number of nitrogens with zero attached hydrogens (tertiary/aromatic N) is 8. The topological polar surface area (TPSA) is 385 Å². The number of amides is 3. The van der Waals surface area contributed by atoms with Crippen molar-refractivity contribution in [2.45, 2.75) is 134 Å². The third-order valence-electron chi connectivity index (χ3n) is 15.8. The summed E-state index contributed by atoms with van der Waals surface area (Å²) < 4.78 is 24.2. The van der Waals surface area contributed by atoms with Crippen LogP contribution in [0.2, 0.25) is 0 Å². The zero-order chi connectivity index (χ0) is 79.3. The van der Waals surface area contributed by atoms with Crippen molar-refractivity contribution in [1.29, 1.82) is 0 Å². The molecule has 0 spiro atoms. The van der Waals surface area contributed by atoms with Crippen LogP contribution in [0.3, 0.4) is 0 Å². The summed E-state index contributed by atoms with van der Waals surface area (Å²) in [5.41, 5.74) is 25.1. The monoisotopic (exact) mass is 1460 g/mol. The number of anilines is 4. The fourth-order valence-electron chi connectivity index (χ4n) is 10.9. The van der Waals surface area contributed by atoms with Crippen LogP contribution in [0.15, 0.2) is 181 Å². The number of carboxylic acids is 1. The number of nitrogens with two attached hydrogens (primary N) is 3. The van der Waals surface area contributed by atoms with Crippen LogP contribution in [0, 0.1) is 68.5 Å². The summed E-state index contributed by atoms with van der Waals surface area (Å²) in [6.45, 7) is 40.7. The Morgan fingerprint density at radius 1 is 0.528 bits per heavy atom. The summed E-state index contributed by atoms with van der Waals surface area (Å²) in [6, 6.07) is 41.1. The summed E-state index contributed by atoms with van der Waals surface area (Å²) in [5.74, 6) is 1.38. The van der Waals surface area contributed by atoms with Crippen LogP contribution in [-0.4, -0.2) is 74.4 Å². The van der Waals surface area contributed by atoms with Crippen LogP contribution < -0.4 is 49.8 Å². The van der Waals surface area contributed by atoms with Gasteiger partial charge in [0.2, 0.25) is 17.1 Å². The fourth-order valence-corrected chi connectivity index (χ4v) is 10.9. The second-order valence-corrected chi connectivity index (χ2v) is 26.6. The van der Waals surface area contributed by atoms with Gasteiger partial charge in [0.1, 0.15) is 46.0 Å². The lowest BCUT2D eigenvalue weighted by molar-refractivity contribution is 0.0624. The van der Waals surface area contributed by atoms with Crippen LogP contribution >= 0.6 is 0 Å². The van der Waals surface area contributed by atoms with Crippen molar-refractivity contribution in [3.05, 3.63) is 291 Å². The molecule has 108 heavy (non-hydrogen) atoms. The Kier molecular flexibility index (Phi) is 27.8. The highest BCUT2D eigenvalue weighted by Crippen LogP contribution is 2.26. The van der Waals surface area contributed by atoms with Crippen molar-refractivity contribution in [2.24, 2.45) is 5.73 Å². The number of aromatic carboxylic acids is 1. The molecule has 0 atom stereocenters. The minimum Gasteiger partial charge on any atom is -0.475 e. The van der Waals surface area contributed by atoms with Gasteiger partial charge in [0.15, 0.2) is 5.76 Å². The molecule has 9 heterocycles. The van der Waals surface area contributed by atoms with Crippen molar-refractivity contribution in [3.8, 4) is 0 Å². The highest BCUT2D eigenvalue weighted by molar-refractivity contribution is 5.91. The van der Waals surface area contributed by atoms with Crippen LogP contribution in [-0.2, 0) is 35.7 Å². The molecule has 11 N–H and O–H groups in total. The minimum atomic E-state index is -1.12. The average molecular weight is 1460 g/mol. The van der Waals surface area contributed by atoms with Gasteiger partial charge in [0.25, 0.3) is 22.6 Å². The summed E-state index contributed by atoms with van der Waals surface area (Å²) in [5, 5.41) is 21.6. The summed E-state index contributed by atoms with van der Waals surface area (Å²) in [4.78, 5) is 108. The number of carbonyl (C=O) groups excluding carboxylic acids is 3. The van der Waals surface area contributed by atoms with E-state index in [-0.39, 0.29) is 47.2 Å². The van der Waals surface area contributed by atoms with Crippen molar-refractivity contribution in [3.63, 3.8) is 0 Å². The van der Waals surface area contributed by atoms with E-state index in [9.17, 15) is 33.6 Å². The highest BCUT2D eigenvalue weighted by Gasteiger charge is 2.20. The number of fused-ring (bicyclic) bond motifs is 3. The van der Waals surface area contributed by atoms with E-state index in [2.05, 4.69) is 50.6 Å². The van der Waals surface area contributed by atoms with Crippen molar-refractivity contribution in [1.82, 2.24) is 39.4 Å². The minimum absolute atomic E-state index is 0.0249. The molecule has 12 rings (SSSR count). The second-order valence-electron chi connectivity index (χ2n) is 26.6. The van der Waals surface area contributed by atoms with Gasteiger partial charge in [-0.2, -0.15) is 0 Å². The van der Waals surface area contributed by atoms with E-state index < -0.39 is 29.4 Å². The molecule has 0 aliphatic heterocycles. The van der Waals surface area contributed by atoms with E-state index >= 15 is 0 Å². The first-order chi connectivity index (χ1) is 51.0. The molecular formula is C81H87N15O12. The van der Waals surface area contributed by atoms with Gasteiger partial charge in [-0.1, -0.05) is 54.6 Å². The van der Waals surface area contributed by atoms with E-state index in [1.807, 2.05) is 141 Å². The number of aryl methyl sites for hydroxylation is 8. The van der Waals surface area contributed by atoms with Gasteiger partial charge in [0.05, 0.1) is 26.2 Å². The lowest BCUT2D eigenvalue weighted by Gasteiger charge is -2.20. The molecule has 0 unspecified atom stereocenters. The molecule has 12 aromatic rings.